The average molecular weight is 240 g/mol. The van der Waals surface area contributed by atoms with E-state index in [1.165, 1.54) is 0 Å². The van der Waals surface area contributed by atoms with Gasteiger partial charge in [0.25, 0.3) is 0 Å². The van der Waals surface area contributed by atoms with Crippen LogP contribution in [0.25, 0.3) is 0 Å². The van der Waals surface area contributed by atoms with Crippen molar-refractivity contribution < 1.29 is 14.3 Å². The lowest BCUT2D eigenvalue weighted by Gasteiger charge is -2.35. The van der Waals surface area contributed by atoms with E-state index in [0.717, 1.165) is 12.8 Å². The second-order valence-electron chi connectivity index (χ2n) is 4.83. The fourth-order valence-corrected chi connectivity index (χ4v) is 2.57. The molecule has 0 aromatic heterocycles. The Balaban J connectivity index is 2.00. The summed E-state index contributed by atoms with van der Waals surface area (Å²) in [5, 5.41) is 2.63. The highest BCUT2D eigenvalue weighted by atomic mass is 16.5. The molecule has 0 radical (unpaired) electrons. The van der Waals surface area contributed by atoms with Crippen molar-refractivity contribution in [3.8, 4) is 0 Å². The lowest BCUT2D eigenvalue weighted by molar-refractivity contribution is -0.147. The summed E-state index contributed by atoms with van der Waals surface area (Å²) in [7, 11) is 0. The summed E-state index contributed by atoms with van der Waals surface area (Å²) in [5.74, 6) is -0.0438. The smallest absolute Gasteiger partial charge is 0.243 e. The monoisotopic (exact) mass is 240 g/mol. The molecule has 2 rings (SSSR count). The van der Waals surface area contributed by atoms with Gasteiger partial charge in [-0.15, -0.1) is 0 Å². The Kier molecular flexibility index (Phi) is 3.66. The normalized spacial score (nSPS) is 34.0. The van der Waals surface area contributed by atoms with Crippen molar-refractivity contribution in [2.24, 2.45) is 0 Å². The fourth-order valence-electron chi connectivity index (χ4n) is 2.57. The molecule has 0 saturated carbocycles. The van der Waals surface area contributed by atoms with Crippen LogP contribution in [-0.2, 0) is 14.3 Å². The minimum absolute atomic E-state index is 0.000368. The number of hydrogen-bond acceptors (Lipinski definition) is 3. The van der Waals surface area contributed by atoms with E-state index in [-0.39, 0.29) is 36.6 Å². The number of piperazine rings is 1. The number of amides is 2. The number of hydrogen-bond donors (Lipinski definition) is 1. The first-order valence-electron chi connectivity index (χ1n) is 6.34. The quantitative estimate of drug-likeness (QED) is 0.771. The van der Waals surface area contributed by atoms with Gasteiger partial charge in [-0.3, -0.25) is 9.59 Å². The standard InChI is InChI=1S/C12H20N2O3/c1-3-10-12(16)13-6-11(15)14(10)7-9-5-4-8(2)17-9/h8-10H,3-7H2,1-2H3,(H,13,16). The van der Waals surface area contributed by atoms with E-state index < -0.39 is 0 Å². The molecule has 5 heteroatoms. The topological polar surface area (TPSA) is 58.6 Å². The van der Waals surface area contributed by atoms with Crippen LogP contribution in [0.1, 0.15) is 33.1 Å². The van der Waals surface area contributed by atoms with Crippen LogP contribution in [0, 0.1) is 0 Å². The summed E-state index contributed by atoms with van der Waals surface area (Å²) in [6, 6.07) is -0.323. The Morgan fingerprint density at radius 2 is 2.18 bits per heavy atom. The lowest BCUT2D eigenvalue weighted by atomic mass is 10.1. The maximum Gasteiger partial charge on any atom is 0.243 e. The highest BCUT2D eigenvalue weighted by molar-refractivity contribution is 5.94. The van der Waals surface area contributed by atoms with Gasteiger partial charge in [-0.05, 0) is 26.2 Å². The first-order valence-corrected chi connectivity index (χ1v) is 6.34. The van der Waals surface area contributed by atoms with Gasteiger partial charge >= 0.3 is 0 Å². The van der Waals surface area contributed by atoms with E-state index in [9.17, 15) is 9.59 Å². The first kappa shape index (κ1) is 12.4. The highest BCUT2D eigenvalue weighted by Gasteiger charge is 2.35. The van der Waals surface area contributed by atoms with Crippen molar-refractivity contribution in [3.63, 3.8) is 0 Å². The SMILES string of the molecule is CCC1C(=O)NCC(=O)N1CC1CCC(C)O1. The third kappa shape index (κ3) is 2.60. The van der Waals surface area contributed by atoms with Gasteiger partial charge in [-0.2, -0.15) is 0 Å². The average Bonchev–Trinajstić information content (AvgIpc) is 2.70. The van der Waals surface area contributed by atoms with Gasteiger partial charge in [0.05, 0.1) is 18.8 Å². The van der Waals surface area contributed by atoms with Gasteiger partial charge in [0, 0.05) is 6.54 Å². The molecule has 5 nitrogen and oxygen atoms in total. The molecule has 2 amide bonds. The van der Waals surface area contributed by atoms with E-state index in [1.807, 2.05) is 13.8 Å². The molecule has 17 heavy (non-hydrogen) atoms. The first-order chi connectivity index (χ1) is 8.11. The van der Waals surface area contributed by atoms with Crippen molar-refractivity contribution in [1.29, 1.82) is 0 Å². The molecule has 2 aliphatic heterocycles. The molecule has 0 aliphatic carbocycles. The maximum atomic E-state index is 11.8. The van der Waals surface area contributed by atoms with Crippen LogP contribution in [-0.4, -0.2) is 48.1 Å². The van der Waals surface area contributed by atoms with Crippen LogP contribution < -0.4 is 5.32 Å². The molecule has 2 heterocycles. The fraction of sp³-hybridized carbons (Fsp3) is 0.833. The molecule has 0 aromatic carbocycles. The van der Waals surface area contributed by atoms with Crippen molar-refractivity contribution in [1.82, 2.24) is 10.2 Å². The summed E-state index contributed by atoms with van der Waals surface area (Å²) in [5.41, 5.74) is 0. The van der Waals surface area contributed by atoms with Gasteiger partial charge in [-0.25, -0.2) is 0 Å². The van der Waals surface area contributed by atoms with Crippen molar-refractivity contribution in [3.05, 3.63) is 0 Å². The summed E-state index contributed by atoms with van der Waals surface area (Å²) in [6.45, 7) is 4.64. The number of ether oxygens (including phenoxy) is 1. The highest BCUT2D eigenvalue weighted by Crippen LogP contribution is 2.21. The van der Waals surface area contributed by atoms with Gasteiger partial charge in [0.15, 0.2) is 0 Å². The molecule has 2 saturated heterocycles. The van der Waals surface area contributed by atoms with Gasteiger partial charge in [-0.1, -0.05) is 6.92 Å². The molecule has 96 valence electrons. The summed E-state index contributed by atoms with van der Waals surface area (Å²) >= 11 is 0. The van der Waals surface area contributed by atoms with Crippen LogP contribution in [0.4, 0.5) is 0 Å². The predicted octanol–water partition coefficient (Wildman–Crippen LogP) is 0.291. The van der Waals surface area contributed by atoms with Crippen LogP contribution in [0.2, 0.25) is 0 Å². The predicted molar refractivity (Wildman–Crippen MR) is 62.4 cm³/mol. The Bertz CT molecular complexity index is 319. The van der Waals surface area contributed by atoms with E-state index in [0.29, 0.717) is 13.0 Å². The lowest BCUT2D eigenvalue weighted by Crippen LogP contribution is -2.59. The summed E-state index contributed by atoms with van der Waals surface area (Å²) in [4.78, 5) is 25.2. The zero-order valence-electron chi connectivity index (χ0n) is 10.4. The Labute approximate surface area is 101 Å². The van der Waals surface area contributed by atoms with Crippen molar-refractivity contribution in [2.45, 2.75) is 51.4 Å². The molecule has 0 spiro atoms. The van der Waals surface area contributed by atoms with Crippen LogP contribution in [0.5, 0.6) is 0 Å². The second kappa shape index (κ2) is 5.04. The van der Waals surface area contributed by atoms with Crippen LogP contribution in [0.3, 0.4) is 0 Å². The molecule has 3 unspecified atom stereocenters. The number of carbonyl (C=O) groups is 2. The minimum Gasteiger partial charge on any atom is -0.373 e. The second-order valence-corrected chi connectivity index (χ2v) is 4.83. The van der Waals surface area contributed by atoms with Crippen LogP contribution in [0.15, 0.2) is 0 Å². The Morgan fingerprint density at radius 1 is 1.41 bits per heavy atom. The number of nitrogens with one attached hydrogen (secondary N) is 1. The zero-order valence-corrected chi connectivity index (χ0v) is 10.4. The Morgan fingerprint density at radius 3 is 2.76 bits per heavy atom. The molecule has 1 N–H and O–H groups in total. The summed E-state index contributed by atoms with van der Waals surface area (Å²) in [6.07, 6.45) is 3.03. The van der Waals surface area contributed by atoms with Crippen molar-refractivity contribution >= 4 is 11.8 Å². The molecular formula is C12H20N2O3. The molecule has 2 fully saturated rings. The molecule has 0 bridgehead atoms. The maximum absolute atomic E-state index is 11.8. The molecule has 2 aliphatic rings. The minimum atomic E-state index is -0.323. The van der Waals surface area contributed by atoms with Crippen LogP contribution >= 0.6 is 0 Å². The van der Waals surface area contributed by atoms with Gasteiger partial charge in [0.1, 0.15) is 6.04 Å². The van der Waals surface area contributed by atoms with Crippen molar-refractivity contribution in [2.75, 3.05) is 13.1 Å². The summed E-state index contributed by atoms with van der Waals surface area (Å²) < 4.78 is 5.71. The molecule has 0 aromatic rings. The zero-order chi connectivity index (χ0) is 12.4. The molecular weight excluding hydrogens is 220 g/mol. The van der Waals surface area contributed by atoms with Gasteiger partial charge in [0.2, 0.25) is 11.8 Å². The third-order valence-corrected chi connectivity index (χ3v) is 3.52. The number of rotatable bonds is 3. The Hall–Kier alpha value is -1.10. The van der Waals surface area contributed by atoms with E-state index in [4.69, 9.17) is 4.74 Å². The third-order valence-electron chi connectivity index (χ3n) is 3.52. The number of nitrogens with zero attached hydrogens (tertiary/aromatic N) is 1. The molecule has 3 atom stereocenters. The largest absolute Gasteiger partial charge is 0.373 e. The van der Waals surface area contributed by atoms with E-state index in [1.54, 1.807) is 4.90 Å². The van der Waals surface area contributed by atoms with E-state index >= 15 is 0 Å². The van der Waals surface area contributed by atoms with E-state index in [2.05, 4.69) is 5.32 Å². The number of carbonyl (C=O) groups excluding carboxylic acids is 2. The van der Waals surface area contributed by atoms with Gasteiger partial charge < -0.3 is 15.0 Å².